The van der Waals surface area contributed by atoms with Crippen LogP contribution in [-0.2, 0) is 6.42 Å². The van der Waals surface area contributed by atoms with Gasteiger partial charge in [-0.05, 0) is 24.6 Å². The summed E-state index contributed by atoms with van der Waals surface area (Å²) in [5.41, 5.74) is 1.88. The van der Waals surface area contributed by atoms with Gasteiger partial charge in [0.05, 0.1) is 20.3 Å². The van der Waals surface area contributed by atoms with Crippen LogP contribution in [0.25, 0.3) is 16.4 Å². The van der Waals surface area contributed by atoms with E-state index in [1.54, 1.807) is 18.7 Å². The van der Waals surface area contributed by atoms with Crippen LogP contribution in [0.2, 0.25) is 0 Å². The SMILES string of the molecule is CCc1nnc2c3cc(OC)c(OC)cc3c(N[C@H](C)c3ccccc3)nn12. The second-order valence-electron chi connectivity index (χ2n) is 6.58. The van der Waals surface area contributed by atoms with Gasteiger partial charge in [-0.2, -0.15) is 4.52 Å². The lowest BCUT2D eigenvalue weighted by Gasteiger charge is -2.18. The van der Waals surface area contributed by atoms with Crippen LogP contribution in [0.15, 0.2) is 42.5 Å². The summed E-state index contributed by atoms with van der Waals surface area (Å²) in [5, 5.41) is 18.8. The van der Waals surface area contributed by atoms with Gasteiger partial charge in [-0.15, -0.1) is 15.3 Å². The van der Waals surface area contributed by atoms with E-state index in [4.69, 9.17) is 14.6 Å². The zero-order chi connectivity index (χ0) is 19.7. The van der Waals surface area contributed by atoms with Crippen molar-refractivity contribution in [3.8, 4) is 11.5 Å². The molecule has 0 aliphatic rings. The van der Waals surface area contributed by atoms with Crippen molar-refractivity contribution in [2.24, 2.45) is 0 Å². The maximum atomic E-state index is 5.50. The molecule has 0 amide bonds. The van der Waals surface area contributed by atoms with Crippen molar-refractivity contribution in [3.63, 3.8) is 0 Å². The highest BCUT2D eigenvalue weighted by Crippen LogP contribution is 2.37. The number of rotatable bonds is 6. The Balaban J connectivity index is 1.94. The molecule has 0 saturated carbocycles. The topological polar surface area (TPSA) is 73.6 Å². The molecule has 4 aromatic rings. The average molecular weight is 377 g/mol. The number of hydrogen-bond acceptors (Lipinski definition) is 6. The molecule has 2 heterocycles. The third-order valence-electron chi connectivity index (χ3n) is 4.89. The van der Waals surface area contributed by atoms with Gasteiger partial charge in [-0.1, -0.05) is 37.3 Å². The number of anilines is 1. The Morgan fingerprint density at radius 3 is 2.32 bits per heavy atom. The minimum Gasteiger partial charge on any atom is -0.493 e. The Labute approximate surface area is 163 Å². The predicted octanol–water partition coefficient (Wildman–Crippen LogP) is 4.03. The number of ether oxygens (including phenoxy) is 2. The number of fused-ring (bicyclic) bond motifs is 3. The van der Waals surface area contributed by atoms with E-state index in [0.717, 1.165) is 28.8 Å². The molecule has 0 fully saturated rings. The van der Waals surface area contributed by atoms with E-state index in [9.17, 15) is 0 Å². The second-order valence-corrected chi connectivity index (χ2v) is 6.58. The molecule has 0 aliphatic heterocycles. The summed E-state index contributed by atoms with van der Waals surface area (Å²) >= 11 is 0. The van der Waals surface area contributed by atoms with Gasteiger partial charge in [0.25, 0.3) is 0 Å². The van der Waals surface area contributed by atoms with E-state index in [1.807, 2.05) is 37.3 Å². The molecule has 0 radical (unpaired) electrons. The minimum absolute atomic E-state index is 0.0732. The maximum absolute atomic E-state index is 5.50. The summed E-state index contributed by atoms with van der Waals surface area (Å²) in [4.78, 5) is 0. The maximum Gasteiger partial charge on any atom is 0.185 e. The molecule has 1 N–H and O–H groups in total. The van der Waals surface area contributed by atoms with Crippen molar-refractivity contribution in [1.82, 2.24) is 19.8 Å². The second kappa shape index (κ2) is 7.34. The normalized spacial score (nSPS) is 12.3. The van der Waals surface area contributed by atoms with Crippen LogP contribution in [-0.4, -0.2) is 34.0 Å². The van der Waals surface area contributed by atoms with Crippen LogP contribution in [0.4, 0.5) is 5.82 Å². The van der Waals surface area contributed by atoms with E-state index < -0.39 is 0 Å². The van der Waals surface area contributed by atoms with Crippen LogP contribution >= 0.6 is 0 Å². The van der Waals surface area contributed by atoms with Gasteiger partial charge in [0.1, 0.15) is 0 Å². The van der Waals surface area contributed by atoms with Gasteiger partial charge < -0.3 is 14.8 Å². The minimum atomic E-state index is 0.0732. The van der Waals surface area contributed by atoms with Gasteiger partial charge in [0, 0.05) is 17.2 Å². The number of aryl methyl sites for hydroxylation is 1. The van der Waals surface area contributed by atoms with Gasteiger partial charge in [0.15, 0.2) is 28.8 Å². The molecule has 7 nitrogen and oxygen atoms in total. The lowest BCUT2D eigenvalue weighted by Crippen LogP contribution is -2.11. The Morgan fingerprint density at radius 1 is 1.00 bits per heavy atom. The monoisotopic (exact) mass is 377 g/mol. The van der Waals surface area contributed by atoms with Gasteiger partial charge in [0.2, 0.25) is 0 Å². The molecule has 0 spiro atoms. The molecule has 2 aromatic carbocycles. The van der Waals surface area contributed by atoms with Crippen LogP contribution < -0.4 is 14.8 Å². The van der Waals surface area contributed by atoms with Gasteiger partial charge in [-0.25, -0.2) is 0 Å². The molecule has 1 atom stereocenters. The quantitative estimate of drug-likeness (QED) is 0.547. The molecular formula is C21H23N5O2. The molecule has 28 heavy (non-hydrogen) atoms. The molecule has 7 heteroatoms. The number of nitrogens with one attached hydrogen (secondary N) is 1. The number of methoxy groups -OCH3 is 2. The fourth-order valence-corrected chi connectivity index (χ4v) is 3.36. The Morgan fingerprint density at radius 2 is 1.68 bits per heavy atom. The highest BCUT2D eigenvalue weighted by molar-refractivity contribution is 6.02. The van der Waals surface area contributed by atoms with Crippen molar-refractivity contribution < 1.29 is 9.47 Å². The summed E-state index contributed by atoms with van der Waals surface area (Å²) < 4.78 is 12.8. The summed E-state index contributed by atoms with van der Waals surface area (Å²) in [5.74, 6) is 2.84. The Bertz CT molecular complexity index is 1120. The lowest BCUT2D eigenvalue weighted by molar-refractivity contribution is 0.356. The third-order valence-corrected chi connectivity index (χ3v) is 4.89. The van der Waals surface area contributed by atoms with Crippen LogP contribution in [0, 0.1) is 0 Å². The zero-order valence-electron chi connectivity index (χ0n) is 16.4. The van der Waals surface area contributed by atoms with E-state index in [0.29, 0.717) is 17.1 Å². The molecule has 4 rings (SSSR count). The molecule has 0 bridgehead atoms. The fraction of sp³-hybridized carbons (Fsp3) is 0.286. The molecule has 0 unspecified atom stereocenters. The number of aromatic nitrogens is 4. The first-order valence-corrected chi connectivity index (χ1v) is 9.27. The van der Waals surface area contributed by atoms with E-state index >= 15 is 0 Å². The van der Waals surface area contributed by atoms with Crippen molar-refractivity contribution in [3.05, 3.63) is 53.9 Å². The Kier molecular flexibility index (Phi) is 4.73. The average Bonchev–Trinajstić information content (AvgIpc) is 3.16. The van der Waals surface area contributed by atoms with Crippen molar-refractivity contribution in [2.75, 3.05) is 19.5 Å². The number of nitrogens with zero attached hydrogens (tertiary/aromatic N) is 4. The van der Waals surface area contributed by atoms with Crippen LogP contribution in [0.3, 0.4) is 0 Å². The zero-order valence-corrected chi connectivity index (χ0v) is 16.4. The predicted molar refractivity (Wildman–Crippen MR) is 109 cm³/mol. The smallest absolute Gasteiger partial charge is 0.185 e. The molecule has 0 aliphatic carbocycles. The molecule has 2 aromatic heterocycles. The summed E-state index contributed by atoms with van der Waals surface area (Å²) in [6.07, 6.45) is 0.737. The van der Waals surface area contributed by atoms with E-state index in [1.165, 1.54) is 5.56 Å². The first-order chi connectivity index (χ1) is 13.7. The fourth-order valence-electron chi connectivity index (χ4n) is 3.36. The van der Waals surface area contributed by atoms with Crippen molar-refractivity contribution in [2.45, 2.75) is 26.3 Å². The molecule has 144 valence electrons. The van der Waals surface area contributed by atoms with E-state index in [2.05, 4.69) is 34.6 Å². The summed E-state index contributed by atoms with van der Waals surface area (Å²) in [7, 11) is 3.25. The van der Waals surface area contributed by atoms with Gasteiger partial charge >= 0.3 is 0 Å². The standard InChI is InChI=1S/C21H23N5O2/c1-5-19-23-24-21-16-12-18(28-4)17(27-3)11-15(16)20(25-26(19)21)22-13(2)14-9-7-6-8-10-14/h6-13H,5H2,1-4H3,(H,22,25)/t13-/m1/s1. The first kappa shape index (κ1) is 18.0. The van der Waals surface area contributed by atoms with Crippen LogP contribution in [0.1, 0.15) is 31.3 Å². The lowest BCUT2D eigenvalue weighted by atomic mass is 10.1. The molecule has 0 saturated heterocycles. The van der Waals surface area contributed by atoms with Crippen LogP contribution in [0.5, 0.6) is 11.5 Å². The highest BCUT2D eigenvalue weighted by Gasteiger charge is 2.18. The first-order valence-electron chi connectivity index (χ1n) is 9.27. The summed E-state index contributed by atoms with van der Waals surface area (Å²) in [6, 6.07) is 14.2. The molecular weight excluding hydrogens is 354 g/mol. The Hall–Kier alpha value is -3.35. The summed E-state index contributed by atoms with van der Waals surface area (Å²) in [6.45, 7) is 4.15. The van der Waals surface area contributed by atoms with Crippen molar-refractivity contribution >= 4 is 22.2 Å². The van der Waals surface area contributed by atoms with Crippen molar-refractivity contribution in [1.29, 1.82) is 0 Å². The third kappa shape index (κ3) is 2.98. The largest absolute Gasteiger partial charge is 0.493 e. The van der Waals surface area contributed by atoms with Gasteiger partial charge in [-0.3, -0.25) is 0 Å². The van der Waals surface area contributed by atoms with E-state index in [-0.39, 0.29) is 6.04 Å². The number of hydrogen-bond donors (Lipinski definition) is 1. The number of benzene rings is 2. The highest BCUT2D eigenvalue weighted by atomic mass is 16.5.